The van der Waals surface area contributed by atoms with E-state index in [1.54, 1.807) is 19.4 Å². The van der Waals surface area contributed by atoms with Crippen molar-refractivity contribution in [3.63, 3.8) is 0 Å². The molecule has 2 aromatic rings. The summed E-state index contributed by atoms with van der Waals surface area (Å²) in [5.41, 5.74) is 2.14. The van der Waals surface area contributed by atoms with Crippen LogP contribution in [0.3, 0.4) is 0 Å². The first-order valence-corrected chi connectivity index (χ1v) is 5.44. The Hall–Kier alpha value is -2.17. The van der Waals surface area contributed by atoms with Gasteiger partial charge in [0.2, 0.25) is 5.95 Å². The monoisotopic (exact) mass is 229 g/mol. The van der Waals surface area contributed by atoms with Crippen LogP contribution in [0.5, 0.6) is 0 Å². The quantitative estimate of drug-likeness (QED) is 0.837. The zero-order valence-electron chi connectivity index (χ0n) is 9.94. The fraction of sp³-hybridized carbons (Fsp3) is 0.250. The number of hydrogen-bond donors (Lipinski definition) is 2. The summed E-state index contributed by atoms with van der Waals surface area (Å²) in [7, 11) is 1.80. The largest absolute Gasteiger partial charge is 0.366 e. The molecule has 2 N–H and O–H groups in total. The van der Waals surface area contributed by atoms with E-state index in [0.717, 1.165) is 16.9 Å². The third-order valence-electron chi connectivity index (χ3n) is 2.38. The molecule has 0 fully saturated rings. The molecule has 5 heteroatoms. The molecule has 0 saturated heterocycles. The van der Waals surface area contributed by atoms with E-state index in [1.807, 2.05) is 25.3 Å². The first-order valence-electron chi connectivity index (χ1n) is 5.44. The summed E-state index contributed by atoms with van der Waals surface area (Å²) < 4.78 is 0. The molecule has 0 radical (unpaired) electrons. The van der Waals surface area contributed by atoms with Gasteiger partial charge in [0.15, 0.2) is 0 Å². The molecule has 2 aromatic heterocycles. The van der Waals surface area contributed by atoms with Gasteiger partial charge >= 0.3 is 0 Å². The first-order chi connectivity index (χ1) is 8.29. The summed E-state index contributed by atoms with van der Waals surface area (Å²) in [6, 6.07) is 3.94. The number of hydrogen-bond acceptors (Lipinski definition) is 5. The molecular weight excluding hydrogens is 214 g/mol. The molecule has 2 rings (SSSR count). The van der Waals surface area contributed by atoms with Crippen molar-refractivity contribution in [2.75, 3.05) is 17.7 Å². The Labute approximate surface area is 100 Å². The van der Waals surface area contributed by atoms with E-state index in [2.05, 4.69) is 25.6 Å². The lowest BCUT2D eigenvalue weighted by Gasteiger charge is -2.09. The molecule has 0 unspecified atom stereocenters. The lowest BCUT2D eigenvalue weighted by Crippen LogP contribution is -2.06. The average molecular weight is 229 g/mol. The Bertz CT molecular complexity index is 484. The molecule has 0 aromatic carbocycles. The molecule has 88 valence electrons. The van der Waals surface area contributed by atoms with E-state index in [1.165, 1.54) is 0 Å². The molecule has 0 spiro atoms. The second-order valence-corrected chi connectivity index (χ2v) is 3.69. The van der Waals surface area contributed by atoms with E-state index in [-0.39, 0.29) is 0 Å². The number of pyridine rings is 1. The number of aromatic nitrogens is 3. The van der Waals surface area contributed by atoms with Crippen LogP contribution in [-0.2, 0) is 6.54 Å². The highest BCUT2D eigenvalue weighted by Crippen LogP contribution is 2.13. The Kier molecular flexibility index (Phi) is 3.49. The van der Waals surface area contributed by atoms with Crippen LogP contribution in [0, 0.1) is 6.92 Å². The van der Waals surface area contributed by atoms with Crippen molar-refractivity contribution in [2.45, 2.75) is 13.5 Å². The molecule has 0 amide bonds. The molecule has 17 heavy (non-hydrogen) atoms. The van der Waals surface area contributed by atoms with Crippen LogP contribution in [0.2, 0.25) is 0 Å². The highest BCUT2D eigenvalue weighted by atomic mass is 15.1. The minimum atomic E-state index is 0.615. The van der Waals surface area contributed by atoms with Crippen LogP contribution in [-0.4, -0.2) is 22.0 Å². The summed E-state index contributed by atoms with van der Waals surface area (Å²) in [5, 5.41) is 6.19. The second kappa shape index (κ2) is 5.25. The zero-order chi connectivity index (χ0) is 12.1. The highest BCUT2D eigenvalue weighted by Gasteiger charge is 2.02. The predicted octanol–water partition coefficient (Wildman–Crippen LogP) is 1.83. The summed E-state index contributed by atoms with van der Waals surface area (Å²) in [6.45, 7) is 2.68. The Morgan fingerprint density at radius 3 is 2.88 bits per heavy atom. The lowest BCUT2D eigenvalue weighted by molar-refractivity contribution is 1.05. The van der Waals surface area contributed by atoms with Crippen molar-refractivity contribution in [3.05, 3.63) is 41.9 Å². The van der Waals surface area contributed by atoms with Gasteiger partial charge in [-0.3, -0.25) is 4.98 Å². The summed E-state index contributed by atoms with van der Waals surface area (Å²) in [5.74, 6) is 1.46. The van der Waals surface area contributed by atoms with Gasteiger partial charge in [0.1, 0.15) is 5.82 Å². The van der Waals surface area contributed by atoms with E-state index in [9.17, 15) is 0 Å². The number of anilines is 2. The Balaban J connectivity index is 2.08. The van der Waals surface area contributed by atoms with E-state index < -0.39 is 0 Å². The van der Waals surface area contributed by atoms with Crippen molar-refractivity contribution in [3.8, 4) is 0 Å². The maximum atomic E-state index is 4.35. The van der Waals surface area contributed by atoms with Gasteiger partial charge in [-0.1, -0.05) is 6.07 Å². The minimum Gasteiger partial charge on any atom is -0.366 e. The zero-order valence-corrected chi connectivity index (χ0v) is 9.94. The number of rotatable bonds is 4. The van der Waals surface area contributed by atoms with Crippen molar-refractivity contribution in [1.29, 1.82) is 0 Å². The van der Waals surface area contributed by atoms with Gasteiger partial charge in [0.05, 0.1) is 0 Å². The van der Waals surface area contributed by atoms with Crippen molar-refractivity contribution >= 4 is 11.8 Å². The number of aryl methyl sites for hydroxylation is 1. The van der Waals surface area contributed by atoms with Crippen LogP contribution < -0.4 is 10.6 Å². The van der Waals surface area contributed by atoms with Crippen LogP contribution in [0.15, 0.2) is 30.7 Å². The number of nitrogens with one attached hydrogen (secondary N) is 2. The summed E-state index contributed by atoms with van der Waals surface area (Å²) in [4.78, 5) is 12.6. The maximum Gasteiger partial charge on any atom is 0.224 e. The van der Waals surface area contributed by atoms with Crippen molar-refractivity contribution in [2.24, 2.45) is 0 Å². The van der Waals surface area contributed by atoms with Gasteiger partial charge in [-0.25, -0.2) is 4.98 Å². The normalized spacial score (nSPS) is 10.0. The minimum absolute atomic E-state index is 0.615. The summed E-state index contributed by atoms with van der Waals surface area (Å²) >= 11 is 0. The fourth-order valence-electron chi connectivity index (χ4n) is 1.43. The molecule has 0 aliphatic rings. The van der Waals surface area contributed by atoms with Gasteiger partial charge in [-0.2, -0.15) is 4.98 Å². The smallest absolute Gasteiger partial charge is 0.224 e. The van der Waals surface area contributed by atoms with Gasteiger partial charge in [-0.15, -0.1) is 0 Å². The van der Waals surface area contributed by atoms with Gasteiger partial charge in [-0.05, 0) is 18.6 Å². The Morgan fingerprint density at radius 1 is 1.29 bits per heavy atom. The molecular formula is C12H15N5. The van der Waals surface area contributed by atoms with Crippen LogP contribution >= 0.6 is 0 Å². The highest BCUT2D eigenvalue weighted by molar-refractivity contribution is 5.46. The molecule has 0 saturated carbocycles. The average Bonchev–Trinajstić information content (AvgIpc) is 2.39. The SMILES string of the molecule is CNc1ncc(C)c(NCc2cccnc2)n1. The second-order valence-electron chi connectivity index (χ2n) is 3.69. The topological polar surface area (TPSA) is 62.7 Å². The summed E-state index contributed by atoms with van der Waals surface area (Å²) in [6.07, 6.45) is 5.39. The van der Waals surface area contributed by atoms with E-state index in [4.69, 9.17) is 0 Å². The van der Waals surface area contributed by atoms with Crippen molar-refractivity contribution in [1.82, 2.24) is 15.0 Å². The fourth-order valence-corrected chi connectivity index (χ4v) is 1.43. The van der Waals surface area contributed by atoms with Crippen molar-refractivity contribution < 1.29 is 0 Å². The van der Waals surface area contributed by atoms with Crippen LogP contribution in [0.1, 0.15) is 11.1 Å². The van der Waals surface area contributed by atoms with Crippen LogP contribution in [0.4, 0.5) is 11.8 Å². The molecule has 0 atom stereocenters. The molecule has 2 heterocycles. The third kappa shape index (κ3) is 2.90. The molecule has 0 bridgehead atoms. The first kappa shape index (κ1) is 11.3. The number of nitrogens with zero attached hydrogens (tertiary/aromatic N) is 3. The molecule has 0 aliphatic heterocycles. The Morgan fingerprint density at radius 2 is 2.18 bits per heavy atom. The molecule has 0 aliphatic carbocycles. The third-order valence-corrected chi connectivity index (χ3v) is 2.38. The van der Waals surface area contributed by atoms with E-state index >= 15 is 0 Å². The van der Waals surface area contributed by atoms with Gasteiger partial charge < -0.3 is 10.6 Å². The maximum absolute atomic E-state index is 4.35. The lowest BCUT2D eigenvalue weighted by atomic mass is 10.3. The standard InChI is InChI=1S/C12H15N5/c1-9-6-16-12(13-2)17-11(9)15-8-10-4-3-5-14-7-10/h3-7H,8H2,1-2H3,(H2,13,15,16,17). The van der Waals surface area contributed by atoms with E-state index in [0.29, 0.717) is 12.5 Å². The predicted molar refractivity (Wildman–Crippen MR) is 67.9 cm³/mol. The molecule has 5 nitrogen and oxygen atoms in total. The van der Waals surface area contributed by atoms with Crippen LogP contribution in [0.25, 0.3) is 0 Å². The van der Waals surface area contributed by atoms with Gasteiger partial charge in [0, 0.05) is 37.7 Å². The van der Waals surface area contributed by atoms with Gasteiger partial charge in [0.25, 0.3) is 0 Å².